The molecule has 0 saturated heterocycles. The molecule has 19 heavy (non-hydrogen) atoms. The molecule has 0 fully saturated rings. The number of carbonyl (C=O) groups excluding carboxylic acids is 1. The Bertz CT molecular complexity index is 637. The van der Waals surface area contributed by atoms with E-state index in [0.717, 1.165) is 11.1 Å². The van der Waals surface area contributed by atoms with Gasteiger partial charge in [-0.1, -0.05) is 12.1 Å². The minimum absolute atomic E-state index is 0.0562. The van der Waals surface area contributed by atoms with Crippen LogP contribution >= 0.6 is 0 Å². The van der Waals surface area contributed by atoms with Gasteiger partial charge >= 0.3 is 0 Å². The molecule has 0 spiro atoms. The van der Waals surface area contributed by atoms with Gasteiger partial charge in [-0.3, -0.25) is 4.79 Å². The summed E-state index contributed by atoms with van der Waals surface area (Å²) in [6.45, 7) is 0.911. The van der Waals surface area contributed by atoms with Crippen LogP contribution in [0.4, 0.5) is 4.39 Å². The number of fused-ring (bicyclic) bond motifs is 1. The average molecular weight is 257 g/mol. The van der Waals surface area contributed by atoms with Gasteiger partial charge in [0.1, 0.15) is 11.6 Å². The molecule has 1 amide bonds. The van der Waals surface area contributed by atoms with Gasteiger partial charge in [0.05, 0.1) is 0 Å². The SMILES string of the molecule is O=C1c2ccc(O)cc2CN1Cc1ccc(F)cc1. The number of hydrogen-bond donors (Lipinski definition) is 1. The fourth-order valence-electron chi connectivity index (χ4n) is 2.31. The van der Waals surface area contributed by atoms with Crippen LogP contribution in [0.1, 0.15) is 21.5 Å². The third-order valence-corrected chi connectivity index (χ3v) is 3.25. The topological polar surface area (TPSA) is 40.5 Å². The first-order chi connectivity index (χ1) is 9.13. The van der Waals surface area contributed by atoms with Crippen molar-refractivity contribution < 1.29 is 14.3 Å². The predicted molar refractivity (Wildman–Crippen MR) is 68.1 cm³/mol. The van der Waals surface area contributed by atoms with Crippen molar-refractivity contribution in [2.75, 3.05) is 0 Å². The number of benzene rings is 2. The Labute approximate surface area is 109 Å². The second-order valence-electron chi connectivity index (χ2n) is 4.63. The molecule has 96 valence electrons. The molecular formula is C15H12FNO2. The van der Waals surface area contributed by atoms with E-state index >= 15 is 0 Å². The smallest absolute Gasteiger partial charge is 0.254 e. The molecule has 1 aliphatic rings. The number of halogens is 1. The minimum Gasteiger partial charge on any atom is -0.508 e. The number of hydrogen-bond acceptors (Lipinski definition) is 2. The summed E-state index contributed by atoms with van der Waals surface area (Å²) in [6, 6.07) is 10.9. The molecule has 3 rings (SSSR count). The standard InChI is InChI=1S/C15H12FNO2/c16-12-3-1-10(2-4-12)8-17-9-11-7-13(18)5-6-14(11)15(17)19/h1-7,18H,8-9H2. The number of phenolic OH excluding ortho intramolecular Hbond substituents is 1. The maximum absolute atomic E-state index is 12.8. The van der Waals surface area contributed by atoms with Crippen LogP contribution in [-0.4, -0.2) is 15.9 Å². The number of aromatic hydroxyl groups is 1. The summed E-state index contributed by atoms with van der Waals surface area (Å²) in [4.78, 5) is 13.8. The molecule has 0 bridgehead atoms. The van der Waals surface area contributed by atoms with Crippen molar-refractivity contribution in [2.45, 2.75) is 13.1 Å². The van der Waals surface area contributed by atoms with E-state index in [9.17, 15) is 14.3 Å². The van der Waals surface area contributed by atoms with Gasteiger partial charge in [0.25, 0.3) is 5.91 Å². The van der Waals surface area contributed by atoms with Gasteiger partial charge in [-0.2, -0.15) is 0 Å². The van der Waals surface area contributed by atoms with E-state index in [0.29, 0.717) is 18.7 Å². The molecule has 3 nitrogen and oxygen atoms in total. The van der Waals surface area contributed by atoms with Crippen molar-refractivity contribution >= 4 is 5.91 Å². The fraction of sp³-hybridized carbons (Fsp3) is 0.133. The largest absolute Gasteiger partial charge is 0.508 e. The molecule has 0 aromatic heterocycles. The zero-order valence-corrected chi connectivity index (χ0v) is 10.1. The van der Waals surface area contributed by atoms with Crippen LogP contribution in [0.15, 0.2) is 42.5 Å². The van der Waals surface area contributed by atoms with Crippen LogP contribution in [0.3, 0.4) is 0 Å². The first-order valence-electron chi connectivity index (χ1n) is 5.99. The summed E-state index contributed by atoms with van der Waals surface area (Å²) >= 11 is 0. The summed E-state index contributed by atoms with van der Waals surface area (Å²) in [6.07, 6.45) is 0. The summed E-state index contributed by atoms with van der Waals surface area (Å²) < 4.78 is 12.8. The van der Waals surface area contributed by atoms with Crippen molar-refractivity contribution in [3.63, 3.8) is 0 Å². The second kappa shape index (κ2) is 4.39. The zero-order valence-electron chi connectivity index (χ0n) is 10.1. The van der Waals surface area contributed by atoms with Gasteiger partial charge in [-0.05, 0) is 41.5 Å². The molecule has 0 saturated carbocycles. The summed E-state index contributed by atoms with van der Waals surface area (Å²) in [5, 5.41) is 9.42. The molecule has 2 aromatic rings. The number of carbonyl (C=O) groups is 1. The van der Waals surface area contributed by atoms with Gasteiger partial charge in [-0.25, -0.2) is 4.39 Å². The van der Waals surface area contributed by atoms with E-state index in [1.54, 1.807) is 29.2 Å². The van der Waals surface area contributed by atoms with Gasteiger partial charge in [0.15, 0.2) is 0 Å². The normalized spacial score (nSPS) is 13.7. The molecule has 0 aliphatic carbocycles. The van der Waals surface area contributed by atoms with Crippen molar-refractivity contribution in [3.05, 3.63) is 65.0 Å². The molecule has 1 N–H and O–H groups in total. The maximum atomic E-state index is 12.8. The van der Waals surface area contributed by atoms with Crippen molar-refractivity contribution in [1.29, 1.82) is 0 Å². The van der Waals surface area contributed by atoms with Gasteiger partial charge < -0.3 is 10.0 Å². The van der Waals surface area contributed by atoms with Crippen molar-refractivity contribution in [3.8, 4) is 5.75 Å². The Morgan fingerprint density at radius 2 is 1.89 bits per heavy atom. The van der Waals surface area contributed by atoms with Crippen LogP contribution in [0.25, 0.3) is 0 Å². The Kier molecular flexibility index (Phi) is 2.71. The van der Waals surface area contributed by atoms with Crippen LogP contribution in [0.5, 0.6) is 5.75 Å². The summed E-state index contributed by atoms with van der Waals surface area (Å²) in [7, 11) is 0. The number of nitrogens with zero attached hydrogens (tertiary/aromatic N) is 1. The van der Waals surface area contributed by atoms with Gasteiger partial charge in [0, 0.05) is 18.7 Å². The quantitative estimate of drug-likeness (QED) is 0.898. The molecule has 1 aliphatic heterocycles. The van der Waals surface area contributed by atoms with Crippen molar-refractivity contribution in [1.82, 2.24) is 4.90 Å². The third kappa shape index (κ3) is 2.17. The number of amides is 1. The molecule has 4 heteroatoms. The second-order valence-corrected chi connectivity index (χ2v) is 4.63. The van der Waals surface area contributed by atoms with E-state index in [1.165, 1.54) is 18.2 Å². The van der Waals surface area contributed by atoms with Crippen molar-refractivity contribution in [2.24, 2.45) is 0 Å². The highest BCUT2D eigenvalue weighted by molar-refractivity contribution is 5.98. The molecule has 2 aromatic carbocycles. The van der Waals surface area contributed by atoms with E-state index < -0.39 is 0 Å². The van der Waals surface area contributed by atoms with E-state index in [2.05, 4.69) is 0 Å². The average Bonchev–Trinajstić information content (AvgIpc) is 2.68. The van der Waals surface area contributed by atoms with Gasteiger partial charge in [-0.15, -0.1) is 0 Å². The Hall–Kier alpha value is -2.36. The van der Waals surface area contributed by atoms with Crippen LogP contribution in [-0.2, 0) is 13.1 Å². The third-order valence-electron chi connectivity index (χ3n) is 3.25. The molecule has 0 atom stereocenters. The first-order valence-corrected chi connectivity index (χ1v) is 5.99. The van der Waals surface area contributed by atoms with E-state index in [-0.39, 0.29) is 17.5 Å². The monoisotopic (exact) mass is 257 g/mol. The van der Waals surface area contributed by atoms with Crippen LogP contribution in [0.2, 0.25) is 0 Å². The number of phenols is 1. The highest BCUT2D eigenvalue weighted by Gasteiger charge is 2.27. The lowest BCUT2D eigenvalue weighted by Crippen LogP contribution is -2.23. The Morgan fingerprint density at radius 1 is 1.16 bits per heavy atom. The predicted octanol–water partition coefficient (Wildman–Crippen LogP) is 2.69. The molecular weight excluding hydrogens is 245 g/mol. The van der Waals surface area contributed by atoms with Crippen LogP contribution in [0, 0.1) is 5.82 Å². The first kappa shape index (κ1) is 11.7. The van der Waals surface area contributed by atoms with Gasteiger partial charge in [0.2, 0.25) is 0 Å². The Morgan fingerprint density at radius 3 is 2.63 bits per heavy atom. The molecule has 0 unspecified atom stereocenters. The zero-order chi connectivity index (χ0) is 13.4. The highest BCUT2D eigenvalue weighted by Crippen LogP contribution is 2.27. The lowest BCUT2D eigenvalue weighted by Gasteiger charge is -2.15. The molecule has 1 heterocycles. The molecule has 0 radical (unpaired) electrons. The lowest BCUT2D eigenvalue weighted by atomic mass is 10.1. The van der Waals surface area contributed by atoms with E-state index in [4.69, 9.17) is 0 Å². The van der Waals surface area contributed by atoms with E-state index in [1.807, 2.05) is 0 Å². The Balaban J connectivity index is 1.82. The summed E-state index contributed by atoms with van der Waals surface area (Å²) in [5.74, 6) is -0.181. The highest BCUT2D eigenvalue weighted by atomic mass is 19.1. The fourth-order valence-corrected chi connectivity index (χ4v) is 2.31. The minimum atomic E-state index is -0.287. The maximum Gasteiger partial charge on any atom is 0.254 e. The number of rotatable bonds is 2. The van der Waals surface area contributed by atoms with Crippen LogP contribution < -0.4 is 0 Å². The lowest BCUT2D eigenvalue weighted by molar-refractivity contribution is 0.0766. The summed E-state index contributed by atoms with van der Waals surface area (Å²) in [5.41, 5.74) is 2.33.